The van der Waals surface area contributed by atoms with Gasteiger partial charge < -0.3 is 10.4 Å². The van der Waals surface area contributed by atoms with Crippen LogP contribution in [0.2, 0.25) is 0 Å². The van der Waals surface area contributed by atoms with Crippen LogP contribution in [0, 0.1) is 28.4 Å². The summed E-state index contributed by atoms with van der Waals surface area (Å²) in [6.07, 6.45) is 5.49. The molecule has 136 valence electrons. The fourth-order valence-electron chi connectivity index (χ4n) is 4.00. The van der Waals surface area contributed by atoms with Gasteiger partial charge in [-0.25, -0.2) is 4.79 Å². The quantitative estimate of drug-likeness (QED) is 0.461. The van der Waals surface area contributed by atoms with Crippen molar-refractivity contribution in [2.24, 2.45) is 11.3 Å². The second-order valence-corrected chi connectivity index (χ2v) is 7.91. The molecule has 2 atom stereocenters. The molecule has 0 unspecified atom stereocenters. The van der Waals surface area contributed by atoms with Crippen LogP contribution in [0.3, 0.4) is 0 Å². The highest BCUT2D eigenvalue weighted by atomic mass is 16.6. The molecule has 1 aliphatic rings. The molecule has 2 rings (SSSR count). The van der Waals surface area contributed by atoms with Crippen molar-refractivity contribution in [3.63, 3.8) is 0 Å². The summed E-state index contributed by atoms with van der Waals surface area (Å²) in [6, 6.07) is 3.37. The Kier molecular flexibility index (Phi) is 5.50. The van der Waals surface area contributed by atoms with E-state index in [9.17, 15) is 14.9 Å². The number of hydrogen-bond donors (Lipinski definition) is 2. The fourth-order valence-corrected chi connectivity index (χ4v) is 4.00. The van der Waals surface area contributed by atoms with Crippen LogP contribution in [0.25, 0.3) is 6.08 Å². The van der Waals surface area contributed by atoms with E-state index in [1.54, 1.807) is 6.07 Å². The van der Waals surface area contributed by atoms with Crippen LogP contribution in [-0.2, 0) is 4.79 Å². The highest BCUT2D eigenvalue weighted by molar-refractivity contribution is 5.86. The Morgan fingerprint density at radius 3 is 2.64 bits per heavy atom. The lowest BCUT2D eigenvalue weighted by Gasteiger charge is -2.39. The van der Waals surface area contributed by atoms with Crippen LogP contribution in [0.4, 0.5) is 11.4 Å². The maximum Gasteiger partial charge on any atom is 0.328 e. The minimum absolute atomic E-state index is 0.0216. The van der Waals surface area contributed by atoms with Gasteiger partial charge in [-0.15, -0.1) is 0 Å². The predicted molar refractivity (Wildman–Crippen MR) is 98.7 cm³/mol. The molecule has 6 heteroatoms. The number of hydrogen-bond acceptors (Lipinski definition) is 4. The Balaban J connectivity index is 2.32. The molecule has 1 aromatic rings. The van der Waals surface area contributed by atoms with Crippen molar-refractivity contribution in [2.75, 3.05) is 5.32 Å². The van der Waals surface area contributed by atoms with Crippen LogP contribution in [0.1, 0.15) is 51.2 Å². The summed E-state index contributed by atoms with van der Waals surface area (Å²) in [5.74, 6) is -0.512. The van der Waals surface area contributed by atoms with Gasteiger partial charge in [0.1, 0.15) is 5.69 Å². The third-order valence-electron chi connectivity index (χ3n) is 4.73. The summed E-state index contributed by atoms with van der Waals surface area (Å²) in [7, 11) is 0. The molecule has 0 radical (unpaired) electrons. The van der Waals surface area contributed by atoms with Crippen molar-refractivity contribution < 1.29 is 14.8 Å². The lowest BCUT2D eigenvalue weighted by atomic mass is 9.70. The summed E-state index contributed by atoms with van der Waals surface area (Å²) in [5, 5.41) is 23.6. The number of benzene rings is 1. The first kappa shape index (κ1) is 19.0. The minimum Gasteiger partial charge on any atom is -0.478 e. The van der Waals surface area contributed by atoms with Crippen molar-refractivity contribution in [3.8, 4) is 0 Å². The molecule has 1 saturated carbocycles. The second kappa shape index (κ2) is 7.25. The number of nitro groups is 1. The van der Waals surface area contributed by atoms with E-state index in [1.807, 2.05) is 6.92 Å². The molecule has 0 saturated heterocycles. The number of nitro benzene ring substituents is 1. The molecule has 1 aromatic carbocycles. The minimum atomic E-state index is -1.08. The smallest absolute Gasteiger partial charge is 0.328 e. The monoisotopic (exact) mass is 346 g/mol. The number of rotatable bonds is 5. The number of aryl methyl sites for hydroxylation is 1. The van der Waals surface area contributed by atoms with E-state index < -0.39 is 10.9 Å². The molecular weight excluding hydrogens is 320 g/mol. The molecule has 6 nitrogen and oxygen atoms in total. The van der Waals surface area contributed by atoms with E-state index in [2.05, 4.69) is 26.1 Å². The number of carboxylic acid groups (broad SMARTS) is 1. The molecule has 1 fully saturated rings. The van der Waals surface area contributed by atoms with Crippen molar-refractivity contribution >= 4 is 23.4 Å². The van der Waals surface area contributed by atoms with Gasteiger partial charge in [0, 0.05) is 18.2 Å². The molecule has 1 aliphatic carbocycles. The Morgan fingerprint density at radius 2 is 2.08 bits per heavy atom. The molecular formula is C19H26N2O4. The fraction of sp³-hybridized carbons (Fsp3) is 0.526. The van der Waals surface area contributed by atoms with Gasteiger partial charge >= 0.3 is 5.97 Å². The standard InChI is InChI=1S/C19H26N2O4/c1-12-7-15(11-19(3,4)10-12)20-16-8-13(2)14(5-6-18(22)23)9-17(16)21(24)25/h5-6,8-9,12,15,20H,7,10-11H2,1-4H3,(H,22,23)/b6-5+/t12-,15+/m1/s1. The number of carbonyl (C=O) groups is 1. The zero-order chi connectivity index (χ0) is 18.8. The second-order valence-electron chi connectivity index (χ2n) is 7.91. The molecule has 0 heterocycles. The molecule has 0 aromatic heterocycles. The number of nitrogens with zero attached hydrogens (tertiary/aromatic N) is 1. The number of aliphatic carboxylic acids is 1. The van der Waals surface area contributed by atoms with Crippen molar-refractivity contribution in [1.82, 2.24) is 0 Å². The molecule has 0 bridgehead atoms. The maximum absolute atomic E-state index is 11.5. The first-order valence-electron chi connectivity index (χ1n) is 8.54. The van der Waals surface area contributed by atoms with Crippen LogP contribution in [0.15, 0.2) is 18.2 Å². The van der Waals surface area contributed by atoms with Crippen molar-refractivity contribution in [1.29, 1.82) is 0 Å². The third-order valence-corrected chi connectivity index (χ3v) is 4.73. The van der Waals surface area contributed by atoms with Crippen LogP contribution in [0.5, 0.6) is 0 Å². The maximum atomic E-state index is 11.5. The molecule has 2 N–H and O–H groups in total. The zero-order valence-corrected chi connectivity index (χ0v) is 15.2. The highest BCUT2D eigenvalue weighted by Crippen LogP contribution is 2.40. The lowest BCUT2D eigenvalue weighted by molar-refractivity contribution is -0.384. The summed E-state index contributed by atoms with van der Waals surface area (Å²) < 4.78 is 0. The van der Waals surface area contributed by atoms with E-state index in [4.69, 9.17) is 5.11 Å². The average Bonchev–Trinajstić information content (AvgIpc) is 2.43. The van der Waals surface area contributed by atoms with E-state index in [0.717, 1.165) is 30.9 Å². The van der Waals surface area contributed by atoms with Crippen LogP contribution < -0.4 is 5.32 Å². The molecule has 0 aliphatic heterocycles. The van der Waals surface area contributed by atoms with Gasteiger partial charge in [-0.05, 0) is 60.8 Å². The number of nitrogens with one attached hydrogen (secondary N) is 1. The normalized spacial score (nSPS) is 22.7. The number of anilines is 1. The van der Waals surface area contributed by atoms with Gasteiger partial charge in [0.15, 0.2) is 0 Å². The van der Waals surface area contributed by atoms with Gasteiger partial charge in [0.05, 0.1) is 4.92 Å². The number of carboxylic acids is 1. The van der Waals surface area contributed by atoms with E-state index in [-0.39, 0.29) is 17.1 Å². The molecule has 0 spiro atoms. The lowest BCUT2D eigenvalue weighted by Crippen LogP contribution is -2.35. The van der Waals surface area contributed by atoms with Gasteiger partial charge in [0.2, 0.25) is 0 Å². The SMILES string of the molecule is Cc1cc(N[C@H]2C[C@@H](C)CC(C)(C)C2)c([N+](=O)[O-])cc1/C=C/C(=O)O. The zero-order valence-electron chi connectivity index (χ0n) is 15.2. The van der Waals surface area contributed by atoms with Gasteiger partial charge in [0.25, 0.3) is 5.69 Å². The summed E-state index contributed by atoms with van der Waals surface area (Å²) in [4.78, 5) is 21.8. The first-order valence-corrected chi connectivity index (χ1v) is 8.54. The summed E-state index contributed by atoms with van der Waals surface area (Å²) in [6.45, 7) is 8.51. The van der Waals surface area contributed by atoms with Gasteiger partial charge in [-0.2, -0.15) is 0 Å². The van der Waals surface area contributed by atoms with Crippen LogP contribution in [-0.4, -0.2) is 22.0 Å². The van der Waals surface area contributed by atoms with Crippen molar-refractivity contribution in [3.05, 3.63) is 39.4 Å². The summed E-state index contributed by atoms with van der Waals surface area (Å²) >= 11 is 0. The topological polar surface area (TPSA) is 92.5 Å². The largest absolute Gasteiger partial charge is 0.478 e. The first-order chi connectivity index (χ1) is 11.6. The van der Waals surface area contributed by atoms with E-state index >= 15 is 0 Å². The Labute approximate surface area is 148 Å². The third kappa shape index (κ3) is 5.05. The van der Waals surface area contributed by atoms with Gasteiger partial charge in [-0.1, -0.05) is 20.8 Å². The van der Waals surface area contributed by atoms with E-state index in [0.29, 0.717) is 17.2 Å². The molecule has 0 amide bonds. The average molecular weight is 346 g/mol. The van der Waals surface area contributed by atoms with Crippen LogP contribution >= 0.6 is 0 Å². The Bertz CT molecular complexity index is 710. The molecule has 25 heavy (non-hydrogen) atoms. The Hall–Kier alpha value is -2.37. The van der Waals surface area contributed by atoms with E-state index in [1.165, 1.54) is 12.1 Å². The summed E-state index contributed by atoms with van der Waals surface area (Å²) in [5.41, 5.74) is 2.03. The predicted octanol–water partition coefficient (Wildman–Crippen LogP) is 4.63. The van der Waals surface area contributed by atoms with Crippen molar-refractivity contribution in [2.45, 2.75) is 53.0 Å². The highest BCUT2D eigenvalue weighted by Gasteiger charge is 2.33. The van der Waals surface area contributed by atoms with Gasteiger partial charge in [-0.3, -0.25) is 10.1 Å². The Morgan fingerprint density at radius 1 is 1.40 bits per heavy atom.